The summed E-state index contributed by atoms with van der Waals surface area (Å²) in [6, 6.07) is 9.20. The number of carbonyl (C=O) groups is 1. The average Bonchev–Trinajstić information content (AvgIpc) is 2.66. The van der Waals surface area contributed by atoms with Crippen molar-refractivity contribution in [2.24, 2.45) is 0 Å². The minimum Gasteiger partial charge on any atom is -0.423 e. The maximum atomic E-state index is 13.1. The highest BCUT2D eigenvalue weighted by atomic mass is 32.2. The molecule has 2 aromatic carbocycles. The van der Waals surface area contributed by atoms with Crippen LogP contribution in [0.3, 0.4) is 0 Å². The van der Waals surface area contributed by atoms with Crippen LogP contribution in [0.15, 0.2) is 62.6 Å². The highest BCUT2D eigenvalue weighted by Gasteiger charge is 2.34. The van der Waals surface area contributed by atoms with Gasteiger partial charge in [0.05, 0.1) is 5.56 Å². The van der Waals surface area contributed by atoms with Crippen LogP contribution in [-0.4, -0.2) is 22.4 Å². The summed E-state index contributed by atoms with van der Waals surface area (Å²) >= 11 is 1.12. The molecule has 1 atom stereocenters. The normalized spacial score (nSPS) is 13.8. The molecule has 0 saturated carbocycles. The summed E-state index contributed by atoms with van der Waals surface area (Å²) in [4.78, 5) is 24.5. The van der Waals surface area contributed by atoms with Gasteiger partial charge in [0, 0.05) is 33.9 Å². The predicted octanol–water partition coefficient (Wildman–Crippen LogP) is 4.43. The minimum atomic E-state index is -4.75. The van der Waals surface area contributed by atoms with E-state index in [1.165, 1.54) is 37.3 Å². The maximum absolute atomic E-state index is 13.1. The van der Waals surface area contributed by atoms with Gasteiger partial charge in [0.1, 0.15) is 17.0 Å². The van der Waals surface area contributed by atoms with Crippen molar-refractivity contribution in [3.05, 3.63) is 70.3 Å². The summed E-state index contributed by atoms with van der Waals surface area (Å²) in [5.74, 6) is -1.29. The number of hydrogen-bond donors (Lipinski definition) is 2. The summed E-state index contributed by atoms with van der Waals surface area (Å²) in [6.07, 6.45) is -4.75. The quantitative estimate of drug-likeness (QED) is 0.348. The number of alkyl halides is 3. The number of hydrogen-bond acceptors (Lipinski definition) is 5. The standard InChI is InChI=1S/C20H15F4NO4S/c1-19(28,10-30-13-5-2-11(21)3-6-13)18(27)25-12-4-7-14-15(20(22,23)24)9-17(26)29-16(14)8-12/h2-9,28H,10H2,1H3,(H,25,27)/t19-/m0/s1. The van der Waals surface area contributed by atoms with Crippen LogP contribution in [0, 0.1) is 5.82 Å². The smallest absolute Gasteiger partial charge is 0.417 e. The predicted molar refractivity (Wildman–Crippen MR) is 104 cm³/mol. The molecule has 0 radical (unpaired) electrons. The van der Waals surface area contributed by atoms with Crippen LogP contribution in [0.4, 0.5) is 23.2 Å². The number of benzene rings is 2. The summed E-state index contributed by atoms with van der Waals surface area (Å²) in [7, 11) is 0. The van der Waals surface area contributed by atoms with E-state index in [-0.39, 0.29) is 22.4 Å². The Morgan fingerprint density at radius 1 is 1.13 bits per heavy atom. The van der Waals surface area contributed by atoms with Gasteiger partial charge < -0.3 is 14.8 Å². The first-order valence-corrected chi connectivity index (χ1v) is 9.51. The van der Waals surface area contributed by atoms with Crippen LogP contribution in [0.1, 0.15) is 12.5 Å². The van der Waals surface area contributed by atoms with Gasteiger partial charge in [-0.05, 0) is 43.3 Å². The number of rotatable bonds is 5. The number of amides is 1. The molecule has 10 heteroatoms. The highest BCUT2D eigenvalue weighted by molar-refractivity contribution is 7.99. The molecule has 2 N–H and O–H groups in total. The zero-order valence-corrected chi connectivity index (χ0v) is 16.2. The fourth-order valence-corrected chi connectivity index (χ4v) is 3.47. The first-order valence-electron chi connectivity index (χ1n) is 8.53. The van der Waals surface area contributed by atoms with E-state index >= 15 is 0 Å². The van der Waals surface area contributed by atoms with Crippen LogP contribution in [0.2, 0.25) is 0 Å². The molecular formula is C20H15F4NO4S. The lowest BCUT2D eigenvalue weighted by atomic mass is 10.1. The number of nitrogens with one attached hydrogen (secondary N) is 1. The summed E-state index contributed by atoms with van der Waals surface area (Å²) in [5.41, 5.74) is -4.48. The molecule has 0 saturated heterocycles. The van der Waals surface area contributed by atoms with Gasteiger partial charge in [-0.1, -0.05) is 0 Å². The lowest BCUT2D eigenvalue weighted by Gasteiger charge is -2.22. The van der Waals surface area contributed by atoms with Crippen molar-refractivity contribution in [2.75, 3.05) is 11.1 Å². The van der Waals surface area contributed by atoms with E-state index in [9.17, 15) is 32.3 Å². The van der Waals surface area contributed by atoms with Gasteiger partial charge in [0.25, 0.3) is 5.91 Å². The Balaban J connectivity index is 1.78. The number of fused-ring (bicyclic) bond motifs is 1. The molecule has 0 fully saturated rings. The molecule has 3 aromatic rings. The molecule has 1 heterocycles. The molecule has 0 aliphatic carbocycles. The van der Waals surface area contributed by atoms with Crippen molar-refractivity contribution in [2.45, 2.75) is 23.6 Å². The van der Waals surface area contributed by atoms with Crippen molar-refractivity contribution >= 4 is 34.3 Å². The molecule has 158 valence electrons. The second-order valence-corrected chi connectivity index (χ2v) is 7.71. The van der Waals surface area contributed by atoms with Gasteiger partial charge in [0.15, 0.2) is 0 Å². The third-order valence-corrected chi connectivity index (χ3v) is 5.44. The molecule has 0 aliphatic rings. The van der Waals surface area contributed by atoms with Crippen molar-refractivity contribution in [3.8, 4) is 0 Å². The molecule has 0 aliphatic heterocycles. The summed E-state index contributed by atoms with van der Waals surface area (Å²) in [6.45, 7) is 1.27. The monoisotopic (exact) mass is 441 g/mol. The van der Waals surface area contributed by atoms with E-state index in [1.807, 2.05) is 0 Å². The third kappa shape index (κ3) is 5.00. The second-order valence-electron chi connectivity index (χ2n) is 6.66. The van der Waals surface area contributed by atoms with Crippen LogP contribution >= 0.6 is 11.8 Å². The van der Waals surface area contributed by atoms with Gasteiger partial charge in [0.2, 0.25) is 0 Å². The van der Waals surface area contributed by atoms with Gasteiger partial charge in [-0.25, -0.2) is 9.18 Å². The van der Waals surface area contributed by atoms with Crippen molar-refractivity contribution < 1.29 is 31.9 Å². The van der Waals surface area contributed by atoms with E-state index in [1.54, 1.807) is 0 Å². The molecule has 5 nitrogen and oxygen atoms in total. The number of aliphatic hydroxyl groups is 1. The highest BCUT2D eigenvalue weighted by Crippen LogP contribution is 2.34. The Morgan fingerprint density at radius 3 is 2.43 bits per heavy atom. The molecular weight excluding hydrogens is 426 g/mol. The summed E-state index contributed by atoms with van der Waals surface area (Å²) in [5, 5.41) is 12.5. The van der Waals surface area contributed by atoms with E-state index in [0.717, 1.165) is 23.9 Å². The number of anilines is 1. The Hall–Kier alpha value is -2.85. The number of thioether (sulfide) groups is 1. The lowest BCUT2D eigenvalue weighted by molar-refractivity contribution is -0.136. The molecule has 0 bridgehead atoms. The van der Waals surface area contributed by atoms with Gasteiger partial charge in [-0.2, -0.15) is 13.2 Å². The van der Waals surface area contributed by atoms with E-state index in [4.69, 9.17) is 4.42 Å². The molecule has 0 spiro atoms. The van der Waals surface area contributed by atoms with Crippen molar-refractivity contribution in [3.63, 3.8) is 0 Å². The molecule has 1 amide bonds. The van der Waals surface area contributed by atoms with Gasteiger partial charge in [-0.15, -0.1) is 11.8 Å². The zero-order valence-electron chi connectivity index (χ0n) is 15.4. The van der Waals surface area contributed by atoms with E-state index < -0.39 is 34.7 Å². The Morgan fingerprint density at radius 2 is 1.80 bits per heavy atom. The van der Waals surface area contributed by atoms with Crippen LogP contribution in [0.5, 0.6) is 0 Å². The first kappa shape index (κ1) is 21.8. The molecule has 30 heavy (non-hydrogen) atoms. The Kier molecular flexibility index (Phi) is 5.91. The van der Waals surface area contributed by atoms with Crippen LogP contribution in [0.25, 0.3) is 11.0 Å². The topological polar surface area (TPSA) is 79.5 Å². The molecule has 0 unspecified atom stereocenters. The minimum absolute atomic E-state index is 0.0435. The lowest BCUT2D eigenvalue weighted by Crippen LogP contribution is -2.42. The average molecular weight is 441 g/mol. The SMILES string of the molecule is C[C@](O)(CSc1ccc(F)cc1)C(=O)Nc1ccc2c(C(F)(F)F)cc(=O)oc2c1. The number of carbonyl (C=O) groups excluding carboxylic acids is 1. The van der Waals surface area contributed by atoms with Gasteiger partial charge >= 0.3 is 11.8 Å². The Bertz CT molecular complexity index is 1140. The fourth-order valence-electron chi connectivity index (χ4n) is 2.56. The molecule has 1 aromatic heterocycles. The largest absolute Gasteiger partial charge is 0.423 e. The zero-order chi connectivity index (χ0) is 22.1. The Labute approximate surface area is 171 Å². The van der Waals surface area contributed by atoms with Crippen molar-refractivity contribution in [1.29, 1.82) is 0 Å². The number of halogens is 4. The van der Waals surface area contributed by atoms with E-state index in [0.29, 0.717) is 11.0 Å². The van der Waals surface area contributed by atoms with Crippen LogP contribution in [-0.2, 0) is 11.0 Å². The van der Waals surface area contributed by atoms with Crippen molar-refractivity contribution in [1.82, 2.24) is 0 Å². The van der Waals surface area contributed by atoms with E-state index in [2.05, 4.69) is 5.32 Å². The second kappa shape index (κ2) is 8.11. The summed E-state index contributed by atoms with van der Waals surface area (Å²) < 4.78 is 57.1. The van der Waals surface area contributed by atoms with Crippen LogP contribution < -0.4 is 10.9 Å². The molecule has 3 rings (SSSR count). The maximum Gasteiger partial charge on any atom is 0.417 e. The third-order valence-electron chi connectivity index (χ3n) is 4.13. The fraction of sp³-hybridized carbons (Fsp3) is 0.200. The first-order chi connectivity index (χ1) is 14.0. The van der Waals surface area contributed by atoms with Gasteiger partial charge in [-0.3, -0.25) is 4.79 Å².